The minimum Gasteiger partial charge on any atom is -0.484 e. The summed E-state index contributed by atoms with van der Waals surface area (Å²) >= 11 is 0. The van der Waals surface area contributed by atoms with Gasteiger partial charge in [-0.1, -0.05) is 24.3 Å². The number of nitrogens with one attached hydrogen (secondary N) is 2. The number of hydrogen-bond donors (Lipinski definition) is 2. The van der Waals surface area contributed by atoms with Crippen LogP contribution in [0.4, 0.5) is 18.9 Å². The molecule has 0 radical (unpaired) electrons. The van der Waals surface area contributed by atoms with Crippen LogP contribution in [0.25, 0.3) is 0 Å². The van der Waals surface area contributed by atoms with E-state index >= 15 is 0 Å². The minimum absolute atomic E-state index is 0.0688. The molecule has 8 heteroatoms. The number of alkyl halides is 3. The Bertz CT molecular complexity index is 791. The molecule has 2 N–H and O–H groups in total. The molecule has 0 aliphatic heterocycles. The lowest BCUT2D eigenvalue weighted by atomic mass is 10.1. The number of amides is 2. The topological polar surface area (TPSA) is 67.4 Å². The summed E-state index contributed by atoms with van der Waals surface area (Å²) in [6.45, 7) is 0.120. The van der Waals surface area contributed by atoms with E-state index in [1.54, 1.807) is 29.6 Å². The van der Waals surface area contributed by atoms with Crippen molar-refractivity contribution in [3.05, 3.63) is 59.7 Å². The van der Waals surface area contributed by atoms with Gasteiger partial charge in [-0.05, 0) is 36.8 Å². The van der Waals surface area contributed by atoms with Crippen LogP contribution in [-0.2, 0) is 4.79 Å². The first kappa shape index (κ1) is 19.3. The third-order valence-electron chi connectivity index (χ3n) is 3.25. The van der Waals surface area contributed by atoms with Crippen molar-refractivity contribution in [1.82, 2.24) is 5.32 Å². The van der Waals surface area contributed by atoms with Crippen LogP contribution < -0.4 is 15.4 Å². The molecule has 0 spiro atoms. The number of aryl methyl sites for hydroxylation is 1. The third kappa shape index (κ3) is 6.12. The van der Waals surface area contributed by atoms with Crippen molar-refractivity contribution in [2.75, 3.05) is 18.5 Å². The largest absolute Gasteiger partial charge is 0.484 e. The highest BCUT2D eigenvalue weighted by molar-refractivity contribution is 6.04. The predicted molar refractivity (Wildman–Crippen MR) is 90.1 cm³/mol. The van der Waals surface area contributed by atoms with Gasteiger partial charge < -0.3 is 15.4 Å². The summed E-state index contributed by atoms with van der Waals surface area (Å²) in [5.74, 6) is -0.961. The molecular formula is C18H17F3N2O3. The minimum atomic E-state index is -4.52. The van der Waals surface area contributed by atoms with Crippen LogP contribution in [0.15, 0.2) is 48.5 Å². The number of para-hydroxylation sites is 1. The second kappa shape index (κ2) is 8.37. The fourth-order valence-corrected chi connectivity index (χ4v) is 2.11. The average Bonchev–Trinajstić information content (AvgIpc) is 2.58. The molecule has 26 heavy (non-hydrogen) atoms. The Morgan fingerprint density at radius 2 is 1.81 bits per heavy atom. The summed E-state index contributed by atoms with van der Waals surface area (Å²) < 4.78 is 42.0. The number of carbonyl (C=O) groups excluding carboxylic acids is 2. The van der Waals surface area contributed by atoms with Crippen LogP contribution in [0.5, 0.6) is 5.75 Å². The summed E-state index contributed by atoms with van der Waals surface area (Å²) in [5, 5.41) is 4.24. The lowest BCUT2D eigenvalue weighted by molar-refractivity contribution is -0.123. The standard InChI is InChI=1S/C18H17F3N2O3/c1-12-5-4-6-13(9-12)26-10-16(24)23-15-8-3-2-7-14(15)17(25)22-11-18(19,20)21/h2-9H,10-11H2,1H3,(H,22,25)(H,23,24). The fraction of sp³-hybridized carbons (Fsp3) is 0.222. The molecule has 2 amide bonds. The molecule has 0 bridgehead atoms. The van der Waals surface area contributed by atoms with Gasteiger partial charge in [-0.25, -0.2) is 0 Å². The van der Waals surface area contributed by atoms with E-state index in [4.69, 9.17) is 4.74 Å². The highest BCUT2D eigenvalue weighted by atomic mass is 19.4. The van der Waals surface area contributed by atoms with Crippen LogP contribution >= 0.6 is 0 Å². The molecule has 0 fully saturated rings. The normalized spacial score (nSPS) is 10.9. The fourth-order valence-electron chi connectivity index (χ4n) is 2.11. The smallest absolute Gasteiger partial charge is 0.405 e. The maximum Gasteiger partial charge on any atom is 0.405 e. The third-order valence-corrected chi connectivity index (χ3v) is 3.25. The monoisotopic (exact) mass is 366 g/mol. The van der Waals surface area contributed by atoms with Crippen molar-refractivity contribution in [2.24, 2.45) is 0 Å². The molecule has 138 valence electrons. The zero-order valence-electron chi connectivity index (χ0n) is 13.9. The zero-order valence-corrected chi connectivity index (χ0v) is 13.9. The Balaban J connectivity index is 1.98. The van der Waals surface area contributed by atoms with Gasteiger partial charge in [0.2, 0.25) is 0 Å². The maximum absolute atomic E-state index is 12.2. The van der Waals surface area contributed by atoms with Gasteiger partial charge in [-0.2, -0.15) is 13.2 Å². The molecule has 0 atom stereocenters. The molecule has 0 aromatic heterocycles. The van der Waals surface area contributed by atoms with Crippen LogP contribution in [0.2, 0.25) is 0 Å². The Kier molecular flexibility index (Phi) is 6.21. The lowest BCUT2D eigenvalue weighted by Crippen LogP contribution is -2.34. The van der Waals surface area contributed by atoms with Gasteiger partial charge in [0.25, 0.3) is 11.8 Å². The first-order valence-corrected chi connectivity index (χ1v) is 7.68. The Morgan fingerprint density at radius 1 is 1.08 bits per heavy atom. The summed E-state index contributed by atoms with van der Waals surface area (Å²) in [6, 6.07) is 12.9. The van der Waals surface area contributed by atoms with E-state index in [1.165, 1.54) is 18.2 Å². The van der Waals surface area contributed by atoms with E-state index in [1.807, 2.05) is 13.0 Å². The molecular weight excluding hydrogens is 349 g/mol. The number of halogens is 3. The van der Waals surface area contributed by atoms with Gasteiger partial charge in [0.05, 0.1) is 11.3 Å². The summed E-state index contributed by atoms with van der Waals surface area (Å²) in [7, 11) is 0. The zero-order chi connectivity index (χ0) is 19.2. The first-order valence-electron chi connectivity index (χ1n) is 7.68. The van der Waals surface area contributed by atoms with Crippen molar-refractivity contribution >= 4 is 17.5 Å². The Morgan fingerprint density at radius 3 is 2.50 bits per heavy atom. The van der Waals surface area contributed by atoms with Gasteiger partial charge in [0.15, 0.2) is 6.61 Å². The average molecular weight is 366 g/mol. The van der Waals surface area contributed by atoms with Crippen molar-refractivity contribution in [2.45, 2.75) is 13.1 Å². The molecule has 2 aromatic carbocycles. The molecule has 0 unspecified atom stereocenters. The van der Waals surface area contributed by atoms with Crippen molar-refractivity contribution in [1.29, 1.82) is 0 Å². The maximum atomic E-state index is 12.2. The Labute approximate surface area is 148 Å². The molecule has 0 saturated carbocycles. The van der Waals surface area contributed by atoms with Crippen molar-refractivity contribution in [3.8, 4) is 5.75 Å². The number of hydrogen-bond acceptors (Lipinski definition) is 3. The van der Waals surface area contributed by atoms with E-state index in [0.717, 1.165) is 5.56 Å². The molecule has 0 saturated heterocycles. The SMILES string of the molecule is Cc1cccc(OCC(=O)Nc2ccccc2C(=O)NCC(F)(F)F)c1. The van der Waals surface area contributed by atoms with Crippen molar-refractivity contribution < 1.29 is 27.5 Å². The molecule has 2 aromatic rings. The van der Waals surface area contributed by atoms with E-state index < -0.39 is 24.5 Å². The first-order chi connectivity index (χ1) is 12.2. The molecule has 5 nitrogen and oxygen atoms in total. The van der Waals surface area contributed by atoms with E-state index in [0.29, 0.717) is 5.75 Å². The van der Waals surface area contributed by atoms with Gasteiger partial charge >= 0.3 is 6.18 Å². The van der Waals surface area contributed by atoms with Crippen LogP contribution in [0.3, 0.4) is 0 Å². The molecule has 0 heterocycles. The molecule has 0 aliphatic carbocycles. The quantitative estimate of drug-likeness (QED) is 0.824. The van der Waals surface area contributed by atoms with Gasteiger partial charge in [0, 0.05) is 0 Å². The van der Waals surface area contributed by atoms with Gasteiger partial charge in [-0.3, -0.25) is 9.59 Å². The van der Waals surface area contributed by atoms with Crippen LogP contribution in [-0.4, -0.2) is 31.1 Å². The molecule has 0 aliphatic rings. The van der Waals surface area contributed by atoms with Crippen LogP contribution in [0, 0.1) is 6.92 Å². The van der Waals surface area contributed by atoms with Crippen LogP contribution in [0.1, 0.15) is 15.9 Å². The lowest BCUT2D eigenvalue weighted by Gasteiger charge is -2.13. The highest BCUT2D eigenvalue weighted by Gasteiger charge is 2.28. The number of anilines is 1. The van der Waals surface area contributed by atoms with Crippen molar-refractivity contribution in [3.63, 3.8) is 0 Å². The van der Waals surface area contributed by atoms with E-state index in [2.05, 4.69) is 5.32 Å². The second-order valence-electron chi connectivity index (χ2n) is 5.50. The van der Waals surface area contributed by atoms with E-state index in [9.17, 15) is 22.8 Å². The van der Waals surface area contributed by atoms with Gasteiger partial charge in [0.1, 0.15) is 12.3 Å². The summed E-state index contributed by atoms with van der Waals surface area (Å²) in [4.78, 5) is 23.9. The number of rotatable bonds is 6. The highest BCUT2D eigenvalue weighted by Crippen LogP contribution is 2.17. The summed E-state index contributed by atoms with van der Waals surface area (Å²) in [5.41, 5.74) is 1.00. The second-order valence-corrected chi connectivity index (χ2v) is 5.50. The number of carbonyl (C=O) groups is 2. The van der Waals surface area contributed by atoms with Gasteiger partial charge in [-0.15, -0.1) is 0 Å². The number of ether oxygens (including phenoxy) is 1. The van der Waals surface area contributed by atoms with E-state index in [-0.39, 0.29) is 17.9 Å². The molecule has 2 rings (SSSR count). The Hall–Kier alpha value is -3.03. The number of benzene rings is 2. The predicted octanol–water partition coefficient (Wildman–Crippen LogP) is 3.30. The summed E-state index contributed by atoms with van der Waals surface area (Å²) in [6.07, 6.45) is -4.52.